The van der Waals surface area contributed by atoms with Crippen LogP contribution in [0.4, 0.5) is 0 Å². The number of carbonyl (C=O) groups is 1. The Bertz CT molecular complexity index is 631. The van der Waals surface area contributed by atoms with E-state index in [0.29, 0.717) is 6.54 Å². The van der Waals surface area contributed by atoms with E-state index in [1.54, 1.807) is 0 Å². The van der Waals surface area contributed by atoms with E-state index in [2.05, 4.69) is 18.2 Å². The average Bonchev–Trinajstić information content (AvgIpc) is 2.72. The third-order valence-electron chi connectivity index (χ3n) is 3.80. The van der Waals surface area contributed by atoms with E-state index in [9.17, 15) is 4.79 Å². The van der Waals surface area contributed by atoms with Gasteiger partial charge in [0.2, 0.25) is 0 Å². The Labute approximate surface area is 125 Å². The number of carbonyl (C=O) groups excluding carboxylic acids is 1. The number of allylic oxidation sites excluding steroid dienone is 1. The zero-order valence-corrected chi connectivity index (χ0v) is 12.0. The molecular formula is C19H19NO. The molecule has 0 bridgehead atoms. The summed E-state index contributed by atoms with van der Waals surface area (Å²) < 4.78 is 0. The van der Waals surface area contributed by atoms with Crippen LogP contribution in [0.5, 0.6) is 0 Å². The van der Waals surface area contributed by atoms with Crippen molar-refractivity contribution in [2.45, 2.75) is 19.4 Å². The lowest BCUT2D eigenvalue weighted by Gasteiger charge is -2.22. The molecule has 21 heavy (non-hydrogen) atoms. The number of rotatable bonds is 3. The molecule has 0 N–H and O–H groups in total. The van der Waals surface area contributed by atoms with Crippen molar-refractivity contribution >= 4 is 11.5 Å². The first-order valence-electron chi connectivity index (χ1n) is 7.43. The minimum Gasteiger partial charge on any atom is -0.334 e. The van der Waals surface area contributed by atoms with Crippen molar-refractivity contribution in [2.75, 3.05) is 6.54 Å². The van der Waals surface area contributed by atoms with Crippen LogP contribution in [0, 0.1) is 0 Å². The van der Waals surface area contributed by atoms with Gasteiger partial charge in [-0.25, -0.2) is 0 Å². The van der Waals surface area contributed by atoms with Gasteiger partial charge < -0.3 is 4.90 Å². The second kappa shape index (κ2) is 6.40. The predicted octanol–water partition coefficient (Wildman–Crippen LogP) is 3.89. The van der Waals surface area contributed by atoms with Gasteiger partial charge in [-0.3, -0.25) is 4.79 Å². The molecule has 1 aliphatic heterocycles. The summed E-state index contributed by atoms with van der Waals surface area (Å²) in [5.41, 5.74) is 3.03. The van der Waals surface area contributed by atoms with E-state index >= 15 is 0 Å². The van der Waals surface area contributed by atoms with Gasteiger partial charge in [0.1, 0.15) is 0 Å². The van der Waals surface area contributed by atoms with E-state index in [-0.39, 0.29) is 5.91 Å². The van der Waals surface area contributed by atoms with Crippen molar-refractivity contribution < 1.29 is 4.79 Å². The Hall–Kier alpha value is -2.35. The number of nitrogens with zero attached hydrogens (tertiary/aromatic N) is 1. The van der Waals surface area contributed by atoms with Crippen LogP contribution >= 0.6 is 0 Å². The van der Waals surface area contributed by atoms with Gasteiger partial charge >= 0.3 is 0 Å². The molecule has 1 amide bonds. The highest BCUT2D eigenvalue weighted by Gasteiger charge is 2.21. The monoisotopic (exact) mass is 277 g/mol. The standard InChI is InChI=1S/C19H19NO/c21-19-18(17-11-5-2-6-12-17)13-7-8-14-20(19)15-16-9-3-1-4-10-16/h1-6,9-13H,7-8,14-15H2. The van der Waals surface area contributed by atoms with Crippen LogP contribution in [-0.2, 0) is 11.3 Å². The lowest BCUT2D eigenvalue weighted by molar-refractivity contribution is -0.125. The fourth-order valence-corrected chi connectivity index (χ4v) is 2.70. The Morgan fingerprint density at radius 3 is 2.29 bits per heavy atom. The van der Waals surface area contributed by atoms with Gasteiger partial charge in [0.15, 0.2) is 0 Å². The highest BCUT2D eigenvalue weighted by molar-refractivity contribution is 6.19. The van der Waals surface area contributed by atoms with Gasteiger partial charge in [0.25, 0.3) is 5.91 Å². The SMILES string of the molecule is O=C1C(c2ccccc2)=CCCCN1Cc1ccccc1. The van der Waals surface area contributed by atoms with E-state index < -0.39 is 0 Å². The zero-order valence-electron chi connectivity index (χ0n) is 12.0. The van der Waals surface area contributed by atoms with Gasteiger partial charge in [-0.05, 0) is 24.0 Å². The molecule has 0 aliphatic carbocycles. The third kappa shape index (κ3) is 3.22. The Morgan fingerprint density at radius 1 is 0.905 bits per heavy atom. The van der Waals surface area contributed by atoms with Crippen LogP contribution in [0.15, 0.2) is 66.7 Å². The highest BCUT2D eigenvalue weighted by atomic mass is 16.2. The summed E-state index contributed by atoms with van der Waals surface area (Å²) in [6.45, 7) is 1.50. The molecule has 2 nitrogen and oxygen atoms in total. The molecule has 2 aromatic rings. The summed E-state index contributed by atoms with van der Waals surface area (Å²) in [4.78, 5) is 14.8. The summed E-state index contributed by atoms with van der Waals surface area (Å²) in [6.07, 6.45) is 4.07. The maximum atomic E-state index is 12.8. The summed E-state index contributed by atoms with van der Waals surface area (Å²) in [5.74, 6) is 0.141. The van der Waals surface area contributed by atoms with Gasteiger partial charge in [-0.1, -0.05) is 66.7 Å². The molecule has 106 valence electrons. The maximum absolute atomic E-state index is 12.8. The third-order valence-corrected chi connectivity index (χ3v) is 3.80. The van der Waals surface area contributed by atoms with Crippen LogP contribution in [0.1, 0.15) is 24.0 Å². The van der Waals surface area contributed by atoms with Crippen molar-refractivity contribution in [3.8, 4) is 0 Å². The molecule has 0 unspecified atom stereocenters. The normalized spacial score (nSPS) is 15.5. The average molecular weight is 277 g/mol. The Balaban J connectivity index is 1.83. The smallest absolute Gasteiger partial charge is 0.254 e. The van der Waals surface area contributed by atoms with Crippen molar-refractivity contribution in [3.05, 3.63) is 77.9 Å². The molecule has 2 heteroatoms. The minimum absolute atomic E-state index is 0.141. The van der Waals surface area contributed by atoms with Crippen molar-refractivity contribution in [2.24, 2.45) is 0 Å². The summed E-state index contributed by atoms with van der Waals surface area (Å²) in [6, 6.07) is 20.2. The number of benzene rings is 2. The molecule has 2 aromatic carbocycles. The molecule has 0 aromatic heterocycles. The van der Waals surface area contributed by atoms with Crippen LogP contribution in [-0.4, -0.2) is 17.4 Å². The zero-order chi connectivity index (χ0) is 14.5. The molecule has 3 rings (SSSR count). The van der Waals surface area contributed by atoms with Crippen LogP contribution in [0.25, 0.3) is 5.57 Å². The molecule has 0 radical (unpaired) electrons. The fraction of sp³-hybridized carbons (Fsp3) is 0.211. The van der Waals surface area contributed by atoms with Gasteiger partial charge in [-0.15, -0.1) is 0 Å². The molecule has 0 fully saturated rings. The van der Waals surface area contributed by atoms with E-state index in [1.165, 1.54) is 5.56 Å². The van der Waals surface area contributed by atoms with E-state index in [4.69, 9.17) is 0 Å². The first kappa shape index (κ1) is 13.6. The van der Waals surface area contributed by atoms with Crippen molar-refractivity contribution in [1.29, 1.82) is 0 Å². The first-order chi connectivity index (χ1) is 10.3. The molecular weight excluding hydrogens is 258 g/mol. The highest BCUT2D eigenvalue weighted by Crippen LogP contribution is 2.23. The second-order valence-corrected chi connectivity index (χ2v) is 5.34. The molecule has 0 atom stereocenters. The predicted molar refractivity (Wildman–Crippen MR) is 85.5 cm³/mol. The lowest BCUT2D eigenvalue weighted by Crippen LogP contribution is -2.31. The molecule has 0 saturated heterocycles. The van der Waals surface area contributed by atoms with Gasteiger partial charge in [0, 0.05) is 18.7 Å². The van der Waals surface area contributed by atoms with Gasteiger partial charge in [0.05, 0.1) is 0 Å². The summed E-state index contributed by atoms with van der Waals surface area (Å²) in [5, 5.41) is 0. The largest absolute Gasteiger partial charge is 0.334 e. The number of hydrogen-bond acceptors (Lipinski definition) is 1. The van der Waals surface area contributed by atoms with Crippen LogP contribution in [0.2, 0.25) is 0 Å². The van der Waals surface area contributed by atoms with Crippen LogP contribution in [0.3, 0.4) is 0 Å². The molecule has 0 spiro atoms. The molecule has 0 saturated carbocycles. The summed E-state index contributed by atoms with van der Waals surface area (Å²) in [7, 11) is 0. The maximum Gasteiger partial charge on any atom is 0.254 e. The number of amides is 1. The number of hydrogen-bond donors (Lipinski definition) is 0. The van der Waals surface area contributed by atoms with Gasteiger partial charge in [-0.2, -0.15) is 0 Å². The topological polar surface area (TPSA) is 20.3 Å². The van der Waals surface area contributed by atoms with Crippen molar-refractivity contribution in [1.82, 2.24) is 4.90 Å². The van der Waals surface area contributed by atoms with Crippen molar-refractivity contribution in [3.63, 3.8) is 0 Å². The summed E-state index contributed by atoms with van der Waals surface area (Å²) >= 11 is 0. The lowest BCUT2D eigenvalue weighted by atomic mass is 10.0. The minimum atomic E-state index is 0.141. The van der Waals surface area contributed by atoms with E-state index in [0.717, 1.165) is 30.5 Å². The second-order valence-electron chi connectivity index (χ2n) is 5.34. The Kier molecular flexibility index (Phi) is 4.15. The van der Waals surface area contributed by atoms with Crippen LogP contribution < -0.4 is 0 Å². The molecule has 1 heterocycles. The first-order valence-corrected chi connectivity index (χ1v) is 7.43. The quantitative estimate of drug-likeness (QED) is 0.833. The van der Waals surface area contributed by atoms with E-state index in [1.807, 2.05) is 53.4 Å². The molecule has 1 aliphatic rings. The Morgan fingerprint density at radius 2 is 1.57 bits per heavy atom. The fourth-order valence-electron chi connectivity index (χ4n) is 2.70.